The summed E-state index contributed by atoms with van der Waals surface area (Å²) in [7, 11) is 1.61. The number of hydrogen-bond donors (Lipinski definition) is 0. The molecule has 1 heterocycles. The molecule has 1 aromatic carbocycles. The zero-order chi connectivity index (χ0) is 13.8. The number of benzene rings is 1. The molecule has 0 amide bonds. The summed E-state index contributed by atoms with van der Waals surface area (Å²) in [5, 5.41) is 8.98. The predicted octanol–water partition coefficient (Wildman–Crippen LogP) is 2.09. The summed E-state index contributed by atoms with van der Waals surface area (Å²) in [6.45, 7) is 2.20. The number of nitrogens with zero attached hydrogens (tertiary/aromatic N) is 2. The number of pyridine rings is 1. The van der Waals surface area contributed by atoms with Crippen LogP contribution in [0, 0.1) is 18.3 Å². The van der Waals surface area contributed by atoms with E-state index < -0.39 is 0 Å². The Bertz CT molecular complexity index is 679. The number of hydrogen-bond acceptors (Lipinski definition) is 3. The molecule has 0 bridgehead atoms. The summed E-state index contributed by atoms with van der Waals surface area (Å²) < 4.78 is 6.62. The highest BCUT2D eigenvalue weighted by Gasteiger charge is 2.06. The largest absolute Gasteiger partial charge is 0.497 e. The molecule has 0 aliphatic heterocycles. The first-order valence-corrected chi connectivity index (χ1v) is 5.89. The van der Waals surface area contributed by atoms with Crippen molar-refractivity contribution >= 4 is 0 Å². The fourth-order valence-electron chi connectivity index (χ4n) is 1.85. The van der Waals surface area contributed by atoms with Crippen molar-refractivity contribution in [3.63, 3.8) is 0 Å². The van der Waals surface area contributed by atoms with Gasteiger partial charge in [0.2, 0.25) is 0 Å². The van der Waals surface area contributed by atoms with Crippen molar-refractivity contribution in [1.29, 1.82) is 5.26 Å². The monoisotopic (exact) mass is 254 g/mol. The number of nitriles is 1. The van der Waals surface area contributed by atoms with Crippen molar-refractivity contribution in [2.24, 2.45) is 0 Å². The Morgan fingerprint density at radius 3 is 2.53 bits per heavy atom. The maximum atomic E-state index is 12.1. The first-order chi connectivity index (χ1) is 9.15. The van der Waals surface area contributed by atoms with Gasteiger partial charge in [-0.2, -0.15) is 5.26 Å². The topological polar surface area (TPSA) is 55.0 Å². The fraction of sp³-hybridized carbons (Fsp3) is 0.200. The van der Waals surface area contributed by atoms with E-state index in [0.29, 0.717) is 12.1 Å². The molecular weight excluding hydrogens is 240 g/mol. The van der Waals surface area contributed by atoms with E-state index in [0.717, 1.165) is 11.3 Å². The lowest BCUT2D eigenvalue weighted by Gasteiger charge is -2.08. The molecule has 0 saturated carbocycles. The Labute approximate surface area is 111 Å². The number of aromatic nitrogens is 1. The van der Waals surface area contributed by atoms with E-state index in [9.17, 15) is 4.79 Å². The SMILES string of the molecule is COc1ccc(Cn2ccc(C)c(C#N)c2=O)cc1. The van der Waals surface area contributed by atoms with Gasteiger partial charge in [-0.25, -0.2) is 0 Å². The average molecular weight is 254 g/mol. The molecule has 0 spiro atoms. The van der Waals surface area contributed by atoms with Crippen molar-refractivity contribution in [2.45, 2.75) is 13.5 Å². The Hall–Kier alpha value is -2.54. The molecule has 0 N–H and O–H groups in total. The third kappa shape index (κ3) is 2.66. The van der Waals surface area contributed by atoms with Gasteiger partial charge in [-0.3, -0.25) is 4.79 Å². The van der Waals surface area contributed by atoms with Gasteiger partial charge in [0.1, 0.15) is 17.4 Å². The van der Waals surface area contributed by atoms with Crippen LogP contribution in [0.5, 0.6) is 5.75 Å². The van der Waals surface area contributed by atoms with Gasteiger partial charge < -0.3 is 9.30 Å². The number of aryl methyl sites for hydroxylation is 1. The van der Waals surface area contributed by atoms with Gasteiger partial charge in [0, 0.05) is 6.20 Å². The van der Waals surface area contributed by atoms with Crippen LogP contribution in [-0.4, -0.2) is 11.7 Å². The first kappa shape index (κ1) is 12.9. The second-order valence-corrected chi connectivity index (χ2v) is 4.27. The Kier molecular flexibility index (Phi) is 3.67. The molecule has 1 aromatic heterocycles. The zero-order valence-electron chi connectivity index (χ0n) is 10.9. The highest BCUT2D eigenvalue weighted by Crippen LogP contribution is 2.12. The zero-order valence-corrected chi connectivity index (χ0v) is 10.9. The lowest BCUT2D eigenvalue weighted by molar-refractivity contribution is 0.414. The van der Waals surface area contributed by atoms with Crippen LogP contribution >= 0.6 is 0 Å². The summed E-state index contributed by atoms with van der Waals surface area (Å²) in [5.41, 5.74) is 1.64. The number of methoxy groups -OCH3 is 1. The number of ether oxygens (including phenoxy) is 1. The maximum Gasteiger partial charge on any atom is 0.269 e. The fourth-order valence-corrected chi connectivity index (χ4v) is 1.85. The summed E-state index contributed by atoms with van der Waals surface area (Å²) in [4.78, 5) is 12.1. The highest BCUT2D eigenvalue weighted by molar-refractivity contribution is 5.34. The molecule has 4 heteroatoms. The van der Waals surface area contributed by atoms with Crippen LogP contribution in [0.2, 0.25) is 0 Å². The van der Waals surface area contributed by atoms with Gasteiger partial charge in [0.05, 0.1) is 13.7 Å². The lowest BCUT2D eigenvalue weighted by Crippen LogP contribution is -2.23. The van der Waals surface area contributed by atoms with Crippen LogP contribution in [0.15, 0.2) is 41.3 Å². The minimum atomic E-state index is -0.252. The lowest BCUT2D eigenvalue weighted by atomic mass is 10.1. The van der Waals surface area contributed by atoms with Crippen molar-refractivity contribution in [2.75, 3.05) is 7.11 Å². The van der Waals surface area contributed by atoms with Crippen molar-refractivity contribution < 1.29 is 4.74 Å². The molecule has 0 atom stereocenters. The molecular formula is C15H14N2O2. The Balaban J connectivity index is 2.34. The van der Waals surface area contributed by atoms with E-state index in [4.69, 9.17) is 10.00 Å². The average Bonchev–Trinajstić information content (AvgIpc) is 2.43. The Morgan fingerprint density at radius 2 is 1.95 bits per heavy atom. The van der Waals surface area contributed by atoms with Gasteiger partial charge >= 0.3 is 0 Å². The van der Waals surface area contributed by atoms with E-state index >= 15 is 0 Å². The molecule has 0 radical (unpaired) electrons. The van der Waals surface area contributed by atoms with Gasteiger partial charge in [0.25, 0.3) is 5.56 Å². The van der Waals surface area contributed by atoms with E-state index in [1.54, 1.807) is 26.3 Å². The van der Waals surface area contributed by atoms with Crippen LogP contribution in [0.1, 0.15) is 16.7 Å². The second kappa shape index (κ2) is 5.40. The summed E-state index contributed by atoms with van der Waals surface area (Å²) in [6.07, 6.45) is 1.71. The summed E-state index contributed by atoms with van der Waals surface area (Å²) in [5.74, 6) is 0.776. The molecule has 4 nitrogen and oxygen atoms in total. The van der Waals surface area contributed by atoms with Gasteiger partial charge in [-0.15, -0.1) is 0 Å². The van der Waals surface area contributed by atoms with E-state index in [1.165, 1.54) is 4.57 Å². The third-order valence-electron chi connectivity index (χ3n) is 3.00. The quantitative estimate of drug-likeness (QED) is 0.842. The summed E-state index contributed by atoms with van der Waals surface area (Å²) >= 11 is 0. The van der Waals surface area contributed by atoms with Crippen molar-refractivity contribution in [1.82, 2.24) is 4.57 Å². The summed E-state index contributed by atoms with van der Waals surface area (Å²) in [6, 6.07) is 11.2. The highest BCUT2D eigenvalue weighted by atomic mass is 16.5. The van der Waals surface area contributed by atoms with Crippen LogP contribution in [0.4, 0.5) is 0 Å². The minimum Gasteiger partial charge on any atom is -0.497 e. The van der Waals surface area contributed by atoms with Crippen LogP contribution in [-0.2, 0) is 6.54 Å². The van der Waals surface area contributed by atoms with Gasteiger partial charge in [0.15, 0.2) is 0 Å². The second-order valence-electron chi connectivity index (χ2n) is 4.27. The normalized spacial score (nSPS) is 9.95. The molecule has 2 aromatic rings. The van der Waals surface area contributed by atoms with Crippen LogP contribution in [0.25, 0.3) is 0 Å². The molecule has 0 saturated heterocycles. The van der Waals surface area contributed by atoms with Crippen LogP contribution < -0.4 is 10.3 Å². The van der Waals surface area contributed by atoms with Crippen LogP contribution in [0.3, 0.4) is 0 Å². The van der Waals surface area contributed by atoms with Crippen molar-refractivity contribution in [3.05, 3.63) is 63.6 Å². The van der Waals surface area contributed by atoms with Gasteiger partial charge in [-0.1, -0.05) is 12.1 Å². The standard InChI is InChI=1S/C15H14N2O2/c1-11-7-8-17(15(18)14(11)9-16)10-12-3-5-13(19-2)6-4-12/h3-8H,10H2,1-2H3. The molecule has 96 valence electrons. The van der Waals surface area contributed by atoms with E-state index in [1.807, 2.05) is 30.3 Å². The van der Waals surface area contributed by atoms with Gasteiger partial charge in [-0.05, 0) is 36.2 Å². The molecule has 0 aliphatic rings. The van der Waals surface area contributed by atoms with E-state index in [2.05, 4.69) is 0 Å². The first-order valence-electron chi connectivity index (χ1n) is 5.89. The van der Waals surface area contributed by atoms with E-state index in [-0.39, 0.29) is 11.1 Å². The van der Waals surface area contributed by atoms with Crippen molar-refractivity contribution in [3.8, 4) is 11.8 Å². The molecule has 0 fully saturated rings. The smallest absolute Gasteiger partial charge is 0.269 e. The molecule has 0 aliphatic carbocycles. The maximum absolute atomic E-state index is 12.1. The molecule has 0 unspecified atom stereocenters. The molecule has 19 heavy (non-hydrogen) atoms. The minimum absolute atomic E-state index is 0.205. The molecule has 2 rings (SSSR count). The predicted molar refractivity (Wildman–Crippen MR) is 72.3 cm³/mol. The third-order valence-corrected chi connectivity index (χ3v) is 3.00. The number of rotatable bonds is 3. The Morgan fingerprint density at radius 1 is 1.26 bits per heavy atom.